The van der Waals surface area contributed by atoms with Crippen LogP contribution in [-0.2, 0) is 10.7 Å². The first kappa shape index (κ1) is 9.77. The molecule has 6 heteroatoms. The molecule has 68 valence electrons. The molecule has 0 bridgehead atoms. The van der Waals surface area contributed by atoms with Gasteiger partial charge in [-0.05, 0) is 16.7 Å². The lowest BCUT2D eigenvalue weighted by Crippen LogP contribution is -1.87. The third-order valence-electron chi connectivity index (χ3n) is 1.46. The summed E-state index contributed by atoms with van der Waals surface area (Å²) in [4.78, 5) is 18.3. The highest BCUT2D eigenvalue weighted by Gasteiger charge is 2.12. The molecule has 13 heavy (non-hydrogen) atoms. The predicted molar refractivity (Wildman–Crippen MR) is 46.6 cm³/mol. The van der Waals surface area contributed by atoms with Gasteiger partial charge in [0.1, 0.15) is 0 Å². The summed E-state index contributed by atoms with van der Waals surface area (Å²) in [5, 5.41) is 10.2. The molecule has 0 radical (unpaired) electrons. The largest absolute Gasteiger partial charge is 0.510 e. The molecule has 1 rings (SSSR count). The number of nitro benzene ring substituents is 1. The molecule has 0 amide bonds. The average Bonchev–Trinajstić information content (AvgIpc) is 2.04. The maximum absolute atomic E-state index is 10.4. The summed E-state index contributed by atoms with van der Waals surface area (Å²) in [6.07, 6.45) is 0.0350. The van der Waals surface area contributed by atoms with Gasteiger partial charge in [-0.3, -0.25) is 10.1 Å². The molecule has 0 aromatic heterocycles. The Balaban J connectivity index is 2.81. The lowest BCUT2D eigenvalue weighted by atomic mass is 10.2. The van der Waals surface area contributed by atoms with Crippen LogP contribution in [0.15, 0.2) is 24.3 Å². The van der Waals surface area contributed by atoms with Crippen LogP contribution < -0.4 is 0 Å². The van der Waals surface area contributed by atoms with Crippen LogP contribution in [0.4, 0.5) is 5.69 Å². The zero-order chi connectivity index (χ0) is 9.84. The molecule has 0 fully saturated rings. The summed E-state index contributed by atoms with van der Waals surface area (Å²) >= 11 is 0. The molecule has 5 nitrogen and oxygen atoms in total. The Bertz CT molecular complexity index is 335. The van der Waals surface area contributed by atoms with E-state index in [2.05, 4.69) is 0 Å². The van der Waals surface area contributed by atoms with Crippen LogP contribution in [-0.4, -0.2) is 9.82 Å². The van der Waals surface area contributed by atoms with E-state index >= 15 is 0 Å². The average molecular weight is 200 g/mol. The number of hydrogen-bond donors (Lipinski definition) is 1. The van der Waals surface area contributed by atoms with Gasteiger partial charge in [-0.2, -0.15) is 4.89 Å². The fourth-order valence-corrected chi connectivity index (χ4v) is 1.40. The van der Waals surface area contributed by atoms with E-state index in [4.69, 9.17) is 4.89 Å². The van der Waals surface area contributed by atoms with E-state index in [-0.39, 0.29) is 11.8 Å². The van der Waals surface area contributed by atoms with Crippen LogP contribution in [0, 0.1) is 10.1 Å². The number of hydrogen-bond acceptors (Lipinski definition) is 3. The normalized spacial score (nSPS) is 11.0. The van der Waals surface area contributed by atoms with Crippen molar-refractivity contribution >= 4 is 13.7 Å². The second-order valence-corrected chi connectivity index (χ2v) is 3.45. The first-order chi connectivity index (χ1) is 6.09. The van der Waals surface area contributed by atoms with Crippen molar-refractivity contribution < 1.29 is 14.4 Å². The number of nitrogens with zero attached hydrogens (tertiary/aromatic N) is 1. The van der Waals surface area contributed by atoms with Gasteiger partial charge in [0, 0.05) is 17.7 Å². The van der Waals surface area contributed by atoms with Crippen molar-refractivity contribution in [2.24, 2.45) is 0 Å². The highest BCUT2D eigenvalue weighted by atomic mass is 31.1. The lowest BCUT2D eigenvalue weighted by molar-refractivity contribution is -0.384. The SMILES string of the molecule is O=[N+]([O-])c1ccc(C[P+](=O)O)cc1. The zero-order valence-electron chi connectivity index (χ0n) is 6.58. The summed E-state index contributed by atoms with van der Waals surface area (Å²) in [6, 6.07) is 5.57. The van der Waals surface area contributed by atoms with E-state index in [1.807, 2.05) is 0 Å². The highest BCUT2D eigenvalue weighted by Crippen LogP contribution is 2.22. The second kappa shape index (κ2) is 4.07. The van der Waals surface area contributed by atoms with Crippen molar-refractivity contribution in [3.05, 3.63) is 39.9 Å². The minimum atomic E-state index is -2.22. The molecule has 1 atom stereocenters. The van der Waals surface area contributed by atoms with E-state index in [1.54, 1.807) is 0 Å². The van der Waals surface area contributed by atoms with Crippen LogP contribution in [0.3, 0.4) is 0 Å². The first-order valence-corrected chi connectivity index (χ1v) is 4.86. The monoisotopic (exact) mass is 200 g/mol. The molecule has 0 aliphatic heterocycles. The van der Waals surface area contributed by atoms with Crippen molar-refractivity contribution in [2.75, 3.05) is 0 Å². The smallest absolute Gasteiger partial charge is 0.258 e. The molecule has 0 aliphatic rings. The molecular weight excluding hydrogens is 193 g/mol. The Labute approximate surface area is 75.0 Å². The third-order valence-corrected chi connectivity index (χ3v) is 2.10. The second-order valence-electron chi connectivity index (χ2n) is 2.43. The van der Waals surface area contributed by atoms with Gasteiger partial charge in [-0.1, -0.05) is 0 Å². The molecule has 0 saturated carbocycles. The maximum Gasteiger partial charge on any atom is 0.510 e. The summed E-state index contributed by atoms with van der Waals surface area (Å²) in [7, 11) is -2.22. The molecular formula is C7H7NO4P+. The lowest BCUT2D eigenvalue weighted by Gasteiger charge is -1.91. The molecule has 1 unspecified atom stereocenters. The minimum absolute atomic E-state index is 0.0167. The van der Waals surface area contributed by atoms with Crippen LogP contribution in [0.25, 0.3) is 0 Å². The fraction of sp³-hybridized carbons (Fsp3) is 0.143. The Morgan fingerprint density at radius 2 is 1.92 bits per heavy atom. The van der Waals surface area contributed by atoms with E-state index in [9.17, 15) is 14.7 Å². The van der Waals surface area contributed by atoms with Gasteiger partial charge in [-0.25, -0.2) is 0 Å². The van der Waals surface area contributed by atoms with Crippen molar-refractivity contribution in [3.8, 4) is 0 Å². The van der Waals surface area contributed by atoms with Gasteiger partial charge in [0.15, 0.2) is 0 Å². The van der Waals surface area contributed by atoms with E-state index in [0.717, 1.165) is 0 Å². The Morgan fingerprint density at radius 3 is 2.31 bits per heavy atom. The van der Waals surface area contributed by atoms with Crippen molar-refractivity contribution in [3.63, 3.8) is 0 Å². The summed E-state index contributed by atoms with van der Waals surface area (Å²) in [5.41, 5.74) is 0.603. The number of benzene rings is 1. The van der Waals surface area contributed by atoms with Crippen LogP contribution in [0.5, 0.6) is 0 Å². The number of nitro groups is 1. The first-order valence-electron chi connectivity index (χ1n) is 3.46. The Hall–Kier alpha value is -1.32. The maximum atomic E-state index is 10.4. The minimum Gasteiger partial charge on any atom is -0.258 e. The van der Waals surface area contributed by atoms with Gasteiger partial charge in [0.05, 0.1) is 4.92 Å². The number of non-ortho nitro benzene ring substituents is 1. The highest BCUT2D eigenvalue weighted by molar-refractivity contribution is 7.37. The van der Waals surface area contributed by atoms with Crippen LogP contribution in [0.2, 0.25) is 0 Å². The summed E-state index contributed by atoms with van der Waals surface area (Å²) in [6.45, 7) is 0. The topological polar surface area (TPSA) is 80.4 Å². The molecule has 0 heterocycles. The fourth-order valence-electron chi connectivity index (χ4n) is 0.879. The quantitative estimate of drug-likeness (QED) is 0.458. The molecule has 1 aromatic rings. The summed E-state index contributed by atoms with van der Waals surface area (Å²) in [5.74, 6) is 0. The molecule has 1 aromatic carbocycles. The molecule has 0 aliphatic carbocycles. The van der Waals surface area contributed by atoms with Gasteiger partial charge < -0.3 is 0 Å². The van der Waals surface area contributed by atoms with Gasteiger partial charge >= 0.3 is 8.03 Å². The summed E-state index contributed by atoms with van der Waals surface area (Å²) < 4.78 is 10.4. The molecule has 0 saturated heterocycles. The van der Waals surface area contributed by atoms with Crippen molar-refractivity contribution in [1.82, 2.24) is 0 Å². The van der Waals surface area contributed by atoms with Crippen molar-refractivity contribution in [1.29, 1.82) is 0 Å². The van der Waals surface area contributed by atoms with Gasteiger partial charge in [-0.15, -0.1) is 0 Å². The zero-order valence-corrected chi connectivity index (χ0v) is 7.48. The Morgan fingerprint density at radius 1 is 1.38 bits per heavy atom. The third kappa shape index (κ3) is 2.89. The van der Waals surface area contributed by atoms with Crippen LogP contribution >= 0.6 is 8.03 Å². The van der Waals surface area contributed by atoms with Crippen molar-refractivity contribution in [2.45, 2.75) is 6.16 Å². The standard InChI is InChI=1S/C7H6NO4P/c9-8(10)7-3-1-6(2-4-7)5-13(11)12/h1-4H,5H2/p+1. The molecule has 1 N–H and O–H groups in total. The predicted octanol–water partition coefficient (Wildman–Crippen LogP) is 1.83. The van der Waals surface area contributed by atoms with Gasteiger partial charge in [0.25, 0.3) is 5.69 Å². The van der Waals surface area contributed by atoms with Crippen LogP contribution in [0.1, 0.15) is 5.56 Å². The van der Waals surface area contributed by atoms with E-state index in [1.165, 1.54) is 24.3 Å². The number of rotatable bonds is 3. The van der Waals surface area contributed by atoms with E-state index in [0.29, 0.717) is 5.56 Å². The molecule has 0 spiro atoms. The van der Waals surface area contributed by atoms with Gasteiger partial charge in [0.2, 0.25) is 6.16 Å². The Kier molecular flexibility index (Phi) is 3.06. The van der Waals surface area contributed by atoms with E-state index < -0.39 is 13.0 Å².